The van der Waals surface area contributed by atoms with Crippen LogP contribution in [0.4, 0.5) is 8.78 Å². The number of carboxylic acids is 2. The normalized spacial score (nSPS) is 22.0. The topological polar surface area (TPSA) is 555 Å². The van der Waals surface area contributed by atoms with E-state index in [1.165, 1.54) is 73.5 Å². The van der Waals surface area contributed by atoms with Gasteiger partial charge in [-0.25, -0.2) is 8.78 Å². The summed E-state index contributed by atoms with van der Waals surface area (Å²) in [6.45, 7) is 2.57. The van der Waals surface area contributed by atoms with Gasteiger partial charge in [-0.1, -0.05) is 71.3 Å². The van der Waals surface area contributed by atoms with E-state index in [9.17, 15) is 82.0 Å². The lowest BCUT2D eigenvalue weighted by molar-refractivity contribution is -0.139. The first kappa shape index (κ1) is 84.6. The van der Waals surface area contributed by atoms with Gasteiger partial charge in [-0.2, -0.15) is 0 Å². The molecule has 6 rings (SSSR count). The number of aliphatic carboxylic acids is 2. The second-order valence-corrected chi connectivity index (χ2v) is 28.3. The van der Waals surface area contributed by atoms with E-state index in [1.807, 2.05) is 0 Å². The number of carbonyl (C=O) groups is 14. The van der Waals surface area contributed by atoms with Crippen molar-refractivity contribution in [1.29, 1.82) is 0 Å². The molecule has 0 unspecified atom stereocenters. The zero-order chi connectivity index (χ0) is 77.9. The number of phenolic OH excluding ortho intramolecular Hbond substituents is 1. The van der Waals surface area contributed by atoms with Crippen LogP contribution >= 0.6 is 33.2 Å². The molecule has 0 bridgehead atoms. The van der Waals surface area contributed by atoms with E-state index < -0.39 is 224 Å². The number of carboxylic acid groups (broad SMARTS) is 2. The molecule has 3 aromatic carbocycles. The molecule has 2 aliphatic rings. The quantitative estimate of drug-likeness (QED) is 0.0162. The molecule has 2 saturated heterocycles. The zero-order valence-corrected chi connectivity index (χ0v) is 60.2. The van der Waals surface area contributed by atoms with Crippen LogP contribution in [0.3, 0.4) is 0 Å². The number of aliphatic imine (C=N–C) groups is 1. The van der Waals surface area contributed by atoms with Crippen LogP contribution in [0, 0.1) is 17.6 Å². The molecule has 3 heterocycles. The Morgan fingerprint density at radius 3 is 1.94 bits per heavy atom. The SMILES string of the molecule is CC(C)[C@@H]1NC(=O)[C@@H](NC(=O)[C@H](Cc2ccc(O)cc2)NC(=O)[C@@H]2CCCN2C(=O)CCN)CSSC[C@@H](C(N)=O)NC(=O)[C@H](CCC(=O)O)NC(=O)[C@H](Cc2c[nH]c3ccc(F)cc23)NC(=O)[C@H](CCC(=O)O)NC(=O)CCNC(=O)[C@H](CCCN=C(N)N)NC(=O)[C@H](Cc2cccc(Cl)c2F)NC1=O. The van der Waals surface area contributed by atoms with Crippen LogP contribution < -0.4 is 76.1 Å². The molecule has 39 heteroatoms. The number of aromatic hydroxyl groups is 1. The van der Waals surface area contributed by atoms with Crippen LogP contribution in [0.25, 0.3) is 10.9 Å². The number of nitrogens with zero attached hydrogens (tertiary/aromatic N) is 2. The summed E-state index contributed by atoms with van der Waals surface area (Å²) in [6.07, 6.45) is -3.15. The van der Waals surface area contributed by atoms with Gasteiger partial charge >= 0.3 is 11.9 Å². The van der Waals surface area contributed by atoms with Crippen molar-refractivity contribution in [2.24, 2.45) is 33.8 Å². The third-order valence-electron chi connectivity index (χ3n) is 17.0. The van der Waals surface area contributed by atoms with E-state index in [4.69, 9.17) is 34.5 Å². The minimum absolute atomic E-state index is 0.00440. The van der Waals surface area contributed by atoms with Gasteiger partial charge in [-0.05, 0) is 97.5 Å². The number of aromatic nitrogens is 1. The van der Waals surface area contributed by atoms with Gasteiger partial charge in [-0.15, -0.1) is 0 Å². The molecular formula is C67H88ClF2N17O17S2. The van der Waals surface area contributed by atoms with E-state index in [0.29, 0.717) is 17.5 Å². The Kier molecular flexibility index (Phi) is 33.0. The van der Waals surface area contributed by atoms with E-state index in [1.54, 1.807) is 0 Å². The van der Waals surface area contributed by atoms with Gasteiger partial charge in [0.2, 0.25) is 70.9 Å². The van der Waals surface area contributed by atoms with Crippen LogP contribution in [-0.2, 0) is 86.4 Å². The number of H-pyrrole nitrogens is 1. The van der Waals surface area contributed by atoms with Gasteiger partial charge < -0.3 is 101 Å². The number of rotatable bonds is 24. The summed E-state index contributed by atoms with van der Waals surface area (Å²) in [7, 11) is 1.58. The Labute approximate surface area is 619 Å². The van der Waals surface area contributed by atoms with Gasteiger partial charge in [0.1, 0.15) is 77.8 Å². The van der Waals surface area contributed by atoms with Crippen molar-refractivity contribution in [1.82, 2.24) is 63.1 Å². The van der Waals surface area contributed by atoms with Crippen molar-refractivity contribution < 1.29 is 91.2 Å². The number of amides is 12. The van der Waals surface area contributed by atoms with Gasteiger partial charge in [0.15, 0.2) is 5.96 Å². The number of carbonyl (C=O) groups excluding carboxylic acids is 12. The molecule has 10 atom stereocenters. The number of phenols is 1. The van der Waals surface area contributed by atoms with Crippen LogP contribution in [0.1, 0.15) is 94.7 Å². The molecule has 12 amide bonds. The molecule has 0 saturated carbocycles. The lowest BCUT2D eigenvalue weighted by Gasteiger charge is -2.29. The summed E-state index contributed by atoms with van der Waals surface area (Å²) in [5.41, 5.74) is 23.4. The summed E-state index contributed by atoms with van der Waals surface area (Å²) < 4.78 is 30.6. The largest absolute Gasteiger partial charge is 0.508 e. The van der Waals surface area contributed by atoms with Crippen molar-refractivity contribution >= 4 is 133 Å². The number of nitrogens with one attached hydrogen (secondary N) is 11. The predicted molar refractivity (Wildman–Crippen MR) is 385 cm³/mol. The molecule has 0 aliphatic carbocycles. The van der Waals surface area contributed by atoms with Crippen molar-refractivity contribution in [3.63, 3.8) is 0 Å². The molecule has 4 aromatic rings. The van der Waals surface area contributed by atoms with E-state index in [0.717, 1.165) is 33.7 Å². The summed E-state index contributed by atoms with van der Waals surface area (Å²) in [5.74, 6) is -18.9. The number of primary amides is 1. The van der Waals surface area contributed by atoms with Crippen molar-refractivity contribution in [3.05, 3.63) is 100 Å². The van der Waals surface area contributed by atoms with Crippen molar-refractivity contribution in [3.8, 4) is 5.75 Å². The Balaban J connectivity index is 1.43. The predicted octanol–water partition coefficient (Wildman–Crippen LogP) is -1.64. The molecule has 2 aliphatic heterocycles. The Hall–Kier alpha value is -10.3. The molecule has 2 fully saturated rings. The van der Waals surface area contributed by atoms with E-state index in [-0.39, 0.29) is 85.0 Å². The second-order valence-electron chi connectivity index (χ2n) is 25.4. The van der Waals surface area contributed by atoms with Crippen molar-refractivity contribution in [2.45, 2.75) is 158 Å². The molecule has 0 spiro atoms. The molecular weight excluding hydrogens is 1450 g/mol. The summed E-state index contributed by atoms with van der Waals surface area (Å²) in [6, 6.07) is -3.30. The minimum atomic E-state index is -1.84. The number of hydrogen-bond acceptors (Lipinski definition) is 19. The van der Waals surface area contributed by atoms with E-state index in [2.05, 4.69) is 63.1 Å². The zero-order valence-electron chi connectivity index (χ0n) is 57.8. The van der Waals surface area contributed by atoms with E-state index >= 15 is 9.18 Å². The van der Waals surface area contributed by atoms with Crippen LogP contribution in [0.15, 0.2) is 71.9 Å². The maximum absolute atomic E-state index is 15.9. The number of benzene rings is 3. The summed E-state index contributed by atoms with van der Waals surface area (Å²) in [5, 5.41) is 54.7. The maximum atomic E-state index is 15.9. The van der Waals surface area contributed by atoms with Gasteiger partial charge in [0, 0.05) is 99.7 Å². The highest BCUT2D eigenvalue weighted by atomic mass is 35.5. The first-order valence-corrected chi connectivity index (χ1v) is 36.7. The summed E-state index contributed by atoms with van der Waals surface area (Å²) in [4.78, 5) is 204. The third-order valence-corrected chi connectivity index (χ3v) is 19.7. The highest BCUT2D eigenvalue weighted by molar-refractivity contribution is 8.76. The third kappa shape index (κ3) is 26.4. The maximum Gasteiger partial charge on any atom is 0.303 e. The highest BCUT2D eigenvalue weighted by Gasteiger charge is 2.39. The lowest BCUT2D eigenvalue weighted by Crippen LogP contribution is -2.61. The average molecular weight is 1540 g/mol. The molecule has 22 N–H and O–H groups in total. The van der Waals surface area contributed by atoms with Crippen LogP contribution in [0.2, 0.25) is 5.02 Å². The number of aromatic amines is 1. The molecule has 1 aromatic heterocycles. The summed E-state index contributed by atoms with van der Waals surface area (Å²) >= 11 is 6.18. The average Bonchev–Trinajstić information content (AvgIpc) is 1.62. The Morgan fingerprint density at radius 2 is 1.31 bits per heavy atom. The second kappa shape index (κ2) is 41.4. The first-order chi connectivity index (χ1) is 50.3. The highest BCUT2D eigenvalue weighted by Crippen LogP contribution is 2.26. The number of fused-ring (bicyclic) bond motifs is 1. The lowest BCUT2D eigenvalue weighted by atomic mass is 9.99. The number of nitrogens with two attached hydrogens (primary N) is 4. The standard InChI is InChI=1S/C67H88ClF2N17O17S2/c1-33(2)56-66(104)83-46(27-35-6-3-7-40(68)55(35)70)62(100)79-42(8-4-23-76-67(73)74)58(96)75-24-21-51(89)78-43(16-18-53(91)92)59(97)81-47(28-36-30-77-41-15-12-37(69)29-39(36)41)63(101)80-44(17-19-54(93)94)60(98)84-48(57(72)95)31-105-106-32-49(64(102)86-56)85-61(99)45(26-34-10-13-38(88)14-11-34)82-65(103)50-9-5-25-87(50)52(90)20-22-71/h3,6-7,10-15,29-30,33,42-50,56,77,88H,4-5,8-9,16-28,31-32,71H2,1-2H3,(H2,72,95)(H,75,96)(H,78,89)(H,79,100)(H,80,101)(H,81,97)(H,82,103)(H,83,104)(H,84,98)(H,85,99)(H,86,102)(H,91,92)(H,93,94)(H4,73,74,76)/t42-,43-,44-,45-,46-,47-,48-,49-,50-,56-/m0/s1. The van der Waals surface area contributed by atoms with Gasteiger partial charge in [0.25, 0.3) is 0 Å². The Bertz CT molecular complexity index is 3890. The fourth-order valence-corrected chi connectivity index (χ4v) is 13.9. The molecule has 576 valence electrons. The Morgan fingerprint density at radius 1 is 0.708 bits per heavy atom. The molecule has 0 radical (unpaired) electrons. The molecule has 34 nitrogen and oxygen atoms in total. The minimum Gasteiger partial charge on any atom is -0.508 e. The number of hydrogen-bond donors (Lipinski definition) is 18. The van der Waals surface area contributed by atoms with Crippen LogP contribution in [0.5, 0.6) is 5.75 Å². The molecule has 106 heavy (non-hydrogen) atoms. The number of halogens is 3. The van der Waals surface area contributed by atoms with Crippen LogP contribution in [-0.4, -0.2) is 212 Å². The number of guanidine groups is 1. The monoisotopic (exact) mass is 1540 g/mol. The smallest absolute Gasteiger partial charge is 0.303 e. The first-order valence-electron chi connectivity index (χ1n) is 33.8. The number of likely N-dealkylation sites (tertiary alicyclic amines) is 1. The fraction of sp³-hybridized carbons (Fsp3) is 0.478. The van der Waals surface area contributed by atoms with Crippen molar-refractivity contribution in [2.75, 3.05) is 37.7 Å². The van der Waals surface area contributed by atoms with Gasteiger partial charge in [0.05, 0.1) is 5.02 Å². The fourth-order valence-electron chi connectivity index (χ4n) is 11.4. The van der Waals surface area contributed by atoms with Gasteiger partial charge in [-0.3, -0.25) is 72.1 Å².